The van der Waals surface area contributed by atoms with Crippen LogP contribution in [0.4, 0.5) is 0 Å². The lowest BCUT2D eigenvalue weighted by Gasteiger charge is -2.12. The maximum atomic E-state index is 13.1. The largest absolute Gasteiger partial charge is 0.490 e. The number of hydrazone groups is 1. The zero-order valence-electron chi connectivity index (χ0n) is 19.1. The van der Waals surface area contributed by atoms with E-state index < -0.39 is 5.97 Å². The van der Waals surface area contributed by atoms with Crippen molar-refractivity contribution in [2.75, 3.05) is 6.61 Å². The summed E-state index contributed by atoms with van der Waals surface area (Å²) in [6, 6.07) is 22.5. The number of aromatic nitrogens is 1. The number of esters is 1. The molecule has 0 aliphatic rings. The predicted molar refractivity (Wildman–Crippen MR) is 144 cm³/mol. The molecule has 0 spiro atoms. The molecule has 1 heterocycles. The molecule has 0 atom stereocenters. The number of nitrogens with one attached hydrogen (secondary N) is 1. The SMILES string of the molecule is CCOc1cc(/C=N\NC(=O)c2cc(-c3ccccc3)nc3ccccc23)cc(I)c1OC(C)=O. The third kappa shape index (κ3) is 5.83. The third-order valence-corrected chi connectivity index (χ3v) is 5.79. The van der Waals surface area contributed by atoms with Crippen LogP contribution in [-0.2, 0) is 4.79 Å². The van der Waals surface area contributed by atoms with Gasteiger partial charge < -0.3 is 9.47 Å². The van der Waals surface area contributed by atoms with Gasteiger partial charge in [-0.3, -0.25) is 9.59 Å². The lowest BCUT2D eigenvalue weighted by Crippen LogP contribution is -2.18. The topological polar surface area (TPSA) is 89.9 Å². The summed E-state index contributed by atoms with van der Waals surface area (Å²) in [5, 5.41) is 4.88. The maximum Gasteiger partial charge on any atom is 0.308 e. The van der Waals surface area contributed by atoms with Gasteiger partial charge in [0.05, 0.1) is 33.2 Å². The Bertz CT molecular complexity index is 1420. The van der Waals surface area contributed by atoms with E-state index in [1.54, 1.807) is 18.2 Å². The van der Waals surface area contributed by atoms with Crippen LogP contribution in [0.2, 0.25) is 0 Å². The number of benzene rings is 3. The van der Waals surface area contributed by atoms with Gasteiger partial charge in [0.15, 0.2) is 11.5 Å². The lowest BCUT2D eigenvalue weighted by molar-refractivity contribution is -0.132. The molecule has 0 saturated heterocycles. The highest BCUT2D eigenvalue weighted by Gasteiger charge is 2.15. The van der Waals surface area contributed by atoms with Gasteiger partial charge in [-0.05, 0) is 59.3 Å². The molecule has 0 radical (unpaired) electrons. The first kappa shape index (κ1) is 24.3. The second-order valence-corrected chi connectivity index (χ2v) is 8.66. The Labute approximate surface area is 216 Å². The normalized spacial score (nSPS) is 10.9. The van der Waals surface area contributed by atoms with E-state index >= 15 is 0 Å². The van der Waals surface area contributed by atoms with Crippen molar-refractivity contribution in [1.82, 2.24) is 10.4 Å². The molecule has 0 unspecified atom stereocenters. The number of pyridine rings is 1. The first-order valence-corrected chi connectivity index (χ1v) is 12.0. The average molecular weight is 579 g/mol. The van der Waals surface area contributed by atoms with Crippen molar-refractivity contribution in [3.63, 3.8) is 0 Å². The van der Waals surface area contributed by atoms with Gasteiger partial charge >= 0.3 is 5.97 Å². The number of amides is 1. The maximum absolute atomic E-state index is 13.1. The Morgan fingerprint density at radius 1 is 1.06 bits per heavy atom. The number of nitrogens with zero attached hydrogens (tertiary/aromatic N) is 2. The van der Waals surface area contributed by atoms with E-state index in [0.29, 0.717) is 38.5 Å². The van der Waals surface area contributed by atoms with Crippen molar-refractivity contribution < 1.29 is 19.1 Å². The van der Waals surface area contributed by atoms with Crippen molar-refractivity contribution in [3.8, 4) is 22.8 Å². The second kappa shape index (κ2) is 11.1. The molecular formula is C27H22IN3O4. The van der Waals surface area contributed by atoms with E-state index in [1.807, 2.05) is 61.5 Å². The van der Waals surface area contributed by atoms with E-state index in [0.717, 1.165) is 16.5 Å². The Hall–Kier alpha value is -3.79. The highest BCUT2D eigenvalue weighted by molar-refractivity contribution is 14.1. The van der Waals surface area contributed by atoms with Crippen molar-refractivity contribution in [2.24, 2.45) is 5.10 Å². The molecule has 3 aromatic carbocycles. The number of carbonyl (C=O) groups excluding carboxylic acids is 2. The summed E-state index contributed by atoms with van der Waals surface area (Å²) >= 11 is 2.06. The second-order valence-electron chi connectivity index (χ2n) is 7.49. The molecule has 0 aliphatic heterocycles. The van der Waals surface area contributed by atoms with Gasteiger partial charge in [-0.2, -0.15) is 5.10 Å². The fourth-order valence-corrected chi connectivity index (χ4v) is 4.25. The summed E-state index contributed by atoms with van der Waals surface area (Å²) in [5.74, 6) is -0.00173. The minimum Gasteiger partial charge on any atom is -0.490 e. The van der Waals surface area contributed by atoms with Crippen LogP contribution in [0.3, 0.4) is 0 Å². The van der Waals surface area contributed by atoms with Crippen LogP contribution in [0.1, 0.15) is 29.8 Å². The summed E-state index contributed by atoms with van der Waals surface area (Å²) in [7, 11) is 0. The van der Waals surface area contributed by atoms with E-state index in [9.17, 15) is 9.59 Å². The van der Waals surface area contributed by atoms with Gasteiger partial charge in [0.25, 0.3) is 5.91 Å². The van der Waals surface area contributed by atoms with Crippen LogP contribution in [0.25, 0.3) is 22.2 Å². The highest BCUT2D eigenvalue weighted by Crippen LogP contribution is 2.34. The van der Waals surface area contributed by atoms with E-state index in [-0.39, 0.29) is 5.91 Å². The minimum atomic E-state index is -0.433. The summed E-state index contributed by atoms with van der Waals surface area (Å²) in [4.78, 5) is 29.3. The van der Waals surface area contributed by atoms with Crippen molar-refractivity contribution in [3.05, 3.63) is 87.5 Å². The number of fused-ring (bicyclic) bond motifs is 1. The molecular weight excluding hydrogens is 557 g/mol. The first-order valence-electron chi connectivity index (χ1n) is 10.9. The van der Waals surface area contributed by atoms with Crippen molar-refractivity contribution in [2.45, 2.75) is 13.8 Å². The summed E-state index contributed by atoms with van der Waals surface area (Å²) < 4.78 is 11.6. The lowest BCUT2D eigenvalue weighted by atomic mass is 10.0. The molecule has 8 heteroatoms. The molecule has 0 bridgehead atoms. The summed E-state index contributed by atoms with van der Waals surface area (Å²) in [6.45, 7) is 3.58. The fourth-order valence-electron chi connectivity index (χ4n) is 3.51. The zero-order valence-corrected chi connectivity index (χ0v) is 21.3. The Morgan fingerprint density at radius 3 is 2.54 bits per heavy atom. The number of hydrogen-bond acceptors (Lipinski definition) is 6. The molecule has 4 aromatic rings. The first-order chi connectivity index (χ1) is 17.0. The highest BCUT2D eigenvalue weighted by atomic mass is 127. The fraction of sp³-hybridized carbons (Fsp3) is 0.111. The summed E-state index contributed by atoms with van der Waals surface area (Å²) in [5.41, 5.74) is 6.11. The number of carbonyl (C=O) groups is 2. The minimum absolute atomic E-state index is 0.353. The van der Waals surface area contributed by atoms with Gasteiger partial charge in [-0.15, -0.1) is 0 Å². The monoisotopic (exact) mass is 579 g/mol. The standard InChI is InChI=1S/C27H22IN3O4/c1-3-34-25-14-18(13-22(28)26(25)35-17(2)32)16-29-31-27(33)21-15-24(19-9-5-4-6-10-19)30-23-12-8-7-11-20(21)23/h4-16H,3H2,1-2H3,(H,31,33)/b29-16-. The van der Waals surface area contributed by atoms with E-state index in [2.05, 4.69) is 33.1 Å². The van der Waals surface area contributed by atoms with Gasteiger partial charge in [0.2, 0.25) is 0 Å². The zero-order chi connectivity index (χ0) is 24.8. The van der Waals surface area contributed by atoms with Crippen LogP contribution < -0.4 is 14.9 Å². The van der Waals surface area contributed by atoms with Gasteiger partial charge in [0, 0.05) is 17.9 Å². The van der Waals surface area contributed by atoms with Crippen LogP contribution in [0.15, 0.2) is 77.9 Å². The van der Waals surface area contributed by atoms with E-state index in [4.69, 9.17) is 14.5 Å². The van der Waals surface area contributed by atoms with Crippen molar-refractivity contribution >= 4 is 51.6 Å². The summed E-state index contributed by atoms with van der Waals surface area (Å²) in [6.07, 6.45) is 1.52. The van der Waals surface area contributed by atoms with Crippen LogP contribution in [0.5, 0.6) is 11.5 Å². The van der Waals surface area contributed by atoms with Crippen LogP contribution in [-0.4, -0.2) is 29.7 Å². The molecule has 1 aromatic heterocycles. The molecule has 1 amide bonds. The Balaban J connectivity index is 1.62. The average Bonchev–Trinajstić information content (AvgIpc) is 2.86. The van der Waals surface area contributed by atoms with Gasteiger partial charge in [-0.1, -0.05) is 48.5 Å². The molecule has 35 heavy (non-hydrogen) atoms. The molecule has 7 nitrogen and oxygen atoms in total. The number of ether oxygens (including phenoxy) is 2. The molecule has 0 fully saturated rings. The number of para-hydroxylation sites is 1. The van der Waals surface area contributed by atoms with Crippen LogP contribution >= 0.6 is 22.6 Å². The smallest absolute Gasteiger partial charge is 0.308 e. The van der Waals surface area contributed by atoms with Gasteiger partial charge in [-0.25, -0.2) is 10.4 Å². The van der Waals surface area contributed by atoms with Gasteiger partial charge in [0.1, 0.15) is 0 Å². The number of hydrogen-bond donors (Lipinski definition) is 1. The Kier molecular flexibility index (Phi) is 7.71. The van der Waals surface area contributed by atoms with Crippen molar-refractivity contribution in [1.29, 1.82) is 0 Å². The predicted octanol–water partition coefficient (Wildman–Crippen LogP) is 5.59. The Morgan fingerprint density at radius 2 is 1.80 bits per heavy atom. The molecule has 0 saturated carbocycles. The van der Waals surface area contributed by atoms with Crippen LogP contribution in [0, 0.1) is 3.57 Å². The molecule has 0 aliphatic carbocycles. The van der Waals surface area contributed by atoms with E-state index in [1.165, 1.54) is 13.1 Å². The molecule has 176 valence electrons. The quantitative estimate of drug-likeness (QED) is 0.101. The molecule has 4 rings (SSSR count). The molecule has 1 N–H and O–H groups in total. The number of rotatable bonds is 7. The third-order valence-electron chi connectivity index (χ3n) is 4.99. The number of halogens is 1.